The van der Waals surface area contributed by atoms with Gasteiger partial charge in [0.1, 0.15) is 5.69 Å². The molecular formula is C80H96ClFK2N15NaO23. The Balaban J connectivity index is -0.000000334. The number of anilines is 3. The molecule has 0 bridgehead atoms. The van der Waals surface area contributed by atoms with E-state index in [-0.39, 0.29) is 262 Å². The normalized spacial score (nSPS) is 9.72. The number of nitrogens with one attached hydrogen (secondary N) is 3. The maximum atomic E-state index is 13.3. The number of aliphatic hydroxyl groups is 2. The minimum Gasteiger partial charge on any atom is -1.00 e. The SMILES string of the molecule is C1CCOC1.CCOC(=O)CCN.CCOC(=O)CCNc1cc(C#N)ccc1N.CCOC(=O)CCNc1cc(C#N)ccc1[N+](=O)[O-].CCOC(=O)CCn1c(=O)[nH]c2ccc(C#N)cc21.CCOC(=O)CCn1c(=O)n(Cc2cccc3ccccc23)c2ccc(C#N)cc21.CO.CO.Cl.N#Cc1ccc([N+](=O)[O-])c(F)c1.O=CO[O-].[H-].[K+].[K+].[Na+].[OH-]. The van der Waals surface area contributed by atoms with Crippen molar-refractivity contribution in [1.82, 2.24) is 18.7 Å². The zero-order valence-corrected chi connectivity index (χ0v) is 78.9. The molecule has 10 rings (SSSR count). The Labute approximate surface area is 822 Å². The number of hydrogen-bond donors (Lipinski definition) is 7. The average Bonchev–Trinajstić information content (AvgIpc) is 1.61. The molecular weight excluding hydrogens is 1690 g/mol. The first-order chi connectivity index (χ1) is 56.9. The maximum Gasteiger partial charge on any atom is 1.00 e. The molecule has 7 aromatic carbocycles. The second kappa shape index (κ2) is 72.5. The van der Waals surface area contributed by atoms with E-state index in [9.17, 15) is 63.4 Å². The number of hydrogen-bond acceptors (Lipinski definition) is 32. The van der Waals surface area contributed by atoms with E-state index < -0.39 is 21.4 Å². The zero-order chi connectivity index (χ0) is 88.3. The van der Waals surface area contributed by atoms with E-state index in [2.05, 4.69) is 31.3 Å². The van der Waals surface area contributed by atoms with Crippen molar-refractivity contribution in [3.63, 3.8) is 0 Å². The van der Waals surface area contributed by atoms with Gasteiger partial charge in [0.15, 0.2) is 0 Å². The number of aromatic amines is 1. The molecule has 3 heterocycles. The van der Waals surface area contributed by atoms with Crippen LogP contribution in [0.1, 0.15) is 114 Å². The summed E-state index contributed by atoms with van der Waals surface area (Å²) in [5.74, 6) is -2.53. The topological polar surface area (TPSA) is 607 Å². The molecule has 0 saturated carbocycles. The number of aryl methyl sites for hydroxylation is 2. The third-order valence-corrected chi connectivity index (χ3v) is 15.1. The van der Waals surface area contributed by atoms with Gasteiger partial charge in [0.2, 0.25) is 5.82 Å². The Morgan fingerprint density at radius 1 is 0.569 bits per heavy atom. The molecule has 9 aromatic rings. The summed E-state index contributed by atoms with van der Waals surface area (Å²) in [6.45, 7) is 14.1. The monoisotopic (exact) mass is 1790 g/mol. The Kier molecular flexibility index (Phi) is 71.7. The standard InChI is InChI=1S/C24H21N3O3.C13H13N3O3.C12H13N3O4.C12H15N3O2.C7H3FN2O2.C5H11NO2.C4H8O.CH2O3.2CH4O.ClH.2K.Na.H2O.H/c1-2-30-23(28)12-13-26-22-14-17(15-25)10-11-21(22)27(24(26)29)16-19-8-5-7-18-6-3-4-9-20(18)19;1-2-19-12(17)5-6-16-11-7-9(8-14)3-4-10(11)15-13(16)18;1-2-19-12(16)5-6-14-10-7-9(8-13)3-4-11(10)15(17)18;1-2-17-12(16)5-6-15-11-7-9(8-13)3-4-10(11)14;8-6-3-5(4-9)1-2-7(6)10(11)12;1-2-8-5(7)3-4-6;1-2-4-5-3-1;2-1-4-3;2*1-2;;;;;;/h3-11,14H,2,12-13,16H2,1H3;3-4,7H,2,5-6H2,1H3,(H,15,18);3-4,7,14H,2,5-6H2,1H3;3-4,7,15H,2,5-6,14H2,1H3;1-3H;2-4,6H2,1H3;1-4H2;1,3H;2*2H,1H3;1H;;;;1H2;/q;;;;;;;;;;;3*+1;;-1/p-2. The van der Waals surface area contributed by atoms with Gasteiger partial charge in [0, 0.05) is 72.3 Å². The number of imidazole rings is 2. The molecule has 1 aliphatic rings. The molecule has 43 heteroatoms. The van der Waals surface area contributed by atoms with Crippen molar-refractivity contribution in [2.45, 2.75) is 99.2 Å². The first kappa shape index (κ1) is 122. The van der Waals surface area contributed by atoms with Gasteiger partial charge in [-0.1, -0.05) is 42.5 Å². The third kappa shape index (κ3) is 45.9. The van der Waals surface area contributed by atoms with Crippen LogP contribution >= 0.6 is 12.4 Å². The molecule has 123 heavy (non-hydrogen) atoms. The Bertz CT molecular complexity index is 5090. The first-order valence-corrected chi connectivity index (χ1v) is 36.1. The van der Waals surface area contributed by atoms with Crippen LogP contribution in [0.25, 0.3) is 32.8 Å². The van der Waals surface area contributed by atoms with Crippen LogP contribution < -0.4 is 171 Å². The van der Waals surface area contributed by atoms with Crippen LogP contribution in [0, 0.1) is 82.7 Å². The number of rotatable bonds is 26. The predicted molar refractivity (Wildman–Crippen MR) is 438 cm³/mol. The Morgan fingerprint density at radius 2 is 0.976 bits per heavy atom. The first-order valence-electron chi connectivity index (χ1n) is 36.1. The Hall–Kier alpha value is -9.94. The summed E-state index contributed by atoms with van der Waals surface area (Å²) in [6, 6.07) is 45.9. The fraction of sp³-hybridized carbons (Fsp3) is 0.338. The van der Waals surface area contributed by atoms with E-state index in [1.807, 2.05) is 60.7 Å². The summed E-state index contributed by atoms with van der Waals surface area (Å²) in [5.41, 5.74) is 16.5. The number of carbonyl (C=O) groups is 6. The molecule has 38 nitrogen and oxygen atoms in total. The number of nitriles is 5. The van der Waals surface area contributed by atoms with Crippen molar-refractivity contribution >= 4 is 110 Å². The van der Waals surface area contributed by atoms with E-state index in [0.29, 0.717) is 109 Å². The van der Waals surface area contributed by atoms with Gasteiger partial charge >= 0.3 is 179 Å². The van der Waals surface area contributed by atoms with Crippen LogP contribution in [-0.4, -0.2) is 161 Å². The molecule has 0 spiro atoms. The van der Waals surface area contributed by atoms with Gasteiger partial charge in [0.05, 0.1) is 173 Å². The number of aliphatic hydroxyl groups excluding tert-OH is 2. The largest absolute Gasteiger partial charge is 1.00 e. The van der Waals surface area contributed by atoms with Crippen molar-refractivity contribution in [2.24, 2.45) is 5.73 Å². The second-order valence-electron chi connectivity index (χ2n) is 22.9. The predicted octanol–water partition coefficient (Wildman–Crippen LogP) is -0.357. The number of nitrogens with zero attached hydrogens (tertiary/aromatic N) is 10. The number of ether oxygens (including phenoxy) is 6. The molecule has 0 amide bonds. The van der Waals surface area contributed by atoms with Crippen LogP contribution in [-0.2, 0) is 81.7 Å². The van der Waals surface area contributed by atoms with Crippen molar-refractivity contribution in [2.75, 3.05) is 96.5 Å². The summed E-state index contributed by atoms with van der Waals surface area (Å²) in [4.78, 5) is 114. The van der Waals surface area contributed by atoms with Crippen molar-refractivity contribution in [3.05, 3.63) is 214 Å². The van der Waals surface area contributed by atoms with E-state index in [4.69, 9.17) is 76.5 Å². The quantitative estimate of drug-likeness (QED) is 0.00532. The van der Waals surface area contributed by atoms with Crippen LogP contribution in [0.3, 0.4) is 0 Å². The van der Waals surface area contributed by atoms with E-state index >= 15 is 0 Å². The van der Waals surface area contributed by atoms with Gasteiger partial charge in [-0.15, -0.1) is 12.4 Å². The number of nitro benzene ring substituents is 2. The molecule has 0 atom stereocenters. The smallest absolute Gasteiger partial charge is 1.00 e. The number of H-pyrrole nitrogens is 1. The minimum atomic E-state index is -0.987. The van der Waals surface area contributed by atoms with Gasteiger partial charge in [-0.3, -0.25) is 62.7 Å². The summed E-state index contributed by atoms with van der Waals surface area (Å²) >= 11 is 0. The van der Waals surface area contributed by atoms with Crippen LogP contribution in [0.2, 0.25) is 0 Å². The third-order valence-electron chi connectivity index (χ3n) is 15.1. The van der Waals surface area contributed by atoms with Crippen LogP contribution in [0.15, 0.2) is 143 Å². The molecule has 2 aromatic heterocycles. The van der Waals surface area contributed by atoms with E-state index in [1.165, 1.54) is 41.7 Å². The zero-order valence-electron chi connectivity index (χ0n) is 70.8. The number of fused-ring (bicyclic) bond motifs is 3. The molecule has 1 fully saturated rings. The molecule has 0 unspecified atom stereocenters. The number of nitro groups is 2. The Morgan fingerprint density at radius 3 is 1.43 bits per heavy atom. The van der Waals surface area contributed by atoms with Gasteiger partial charge in [-0.05, 0) is 143 Å². The summed E-state index contributed by atoms with van der Waals surface area (Å²) in [7, 11) is 2.00. The van der Waals surface area contributed by atoms with Crippen molar-refractivity contribution in [1.29, 1.82) is 26.3 Å². The molecule has 646 valence electrons. The molecule has 0 aliphatic carbocycles. The van der Waals surface area contributed by atoms with Crippen molar-refractivity contribution in [3.8, 4) is 30.3 Å². The number of carbonyl (C=O) groups excluding carboxylic acids is 6. The number of esters is 5. The number of halogens is 2. The van der Waals surface area contributed by atoms with Crippen molar-refractivity contribution < 1.29 is 231 Å². The van der Waals surface area contributed by atoms with Crippen LogP contribution in [0.4, 0.5) is 32.8 Å². The molecule has 1 aliphatic heterocycles. The maximum absolute atomic E-state index is 13.3. The van der Waals surface area contributed by atoms with Crippen LogP contribution in [0.5, 0.6) is 0 Å². The molecule has 10 N–H and O–H groups in total. The number of aromatic nitrogens is 4. The fourth-order valence-electron chi connectivity index (χ4n) is 10.0. The summed E-state index contributed by atoms with van der Waals surface area (Å²) in [5, 5.41) is 95.3. The molecule has 1 saturated heterocycles. The fourth-order valence-corrected chi connectivity index (χ4v) is 10.0. The van der Waals surface area contributed by atoms with Gasteiger partial charge in [0.25, 0.3) is 12.2 Å². The molecule has 0 radical (unpaired) electrons. The summed E-state index contributed by atoms with van der Waals surface area (Å²) < 4.78 is 46.2. The minimum absolute atomic E-state index is 0. The number of benzene rings is 7. The number of nitrogens with two attached hydrogens (primary N) is 2. The average molecular weight is 1790 g/mol. The van der Waals surface area contributed by atoms with Gasteiger partial charge < -0.3 is 82.8 Å². The summed E-state index contributed by atoms with van der Waals surface area (Å²) in [6.07, 6.45) is 3.47. The second-order valence-corrected chi connectivity index (χ2v) is 22.9. The van der Waals surface area contributed by atoms with Gasteiger partial charge in [-0.25, -0.2) is 9.59 Å². The van der Waals surface area contributed by atoms with E-state index in [1.54, 1.807) is 104 Å². The van der Waals surface area contributed by atoms with Gasteiger partial charge in [-0.2, -0.15) is 30.7 Å². The van der Waals surface area contributed by atoms with E-state index in [0.717, 1.165) is 61.4 Å². The number of nitrogen functional groups attached to an aromatic ring is 1.